The summed E-state index contributed by atoms with van der Waals surface area (Å²) in [6.45, 7) is 5.65. The van der Waals surface area contributed by atoms with E-state index in [2.05, 4.69) is 15.1 Å². The van der Waals surface area contributed by atoms with Crippen LogP contribution in [0.3, 0.4) is 0 Å². The van der Waals surface area contributed by atoms with Crippen LogP contribution >= 0.6 is 0 Å². The van der Waals surface area contributed by atoms with Crippen molar-refractivity contribution < 1.29 is 14.4 Å². The first kappa shape index (κ1) is 22.0. The lowest BCUT2D eigenvalue weighted by Crippen LogP contribution is -2.32. The summed E-state index contributed by atoms with van der Waals surface area (Å²) in [5, 5.41) is 5.30. The molecule has 0 unspecified atom stereocenters. The van der Waals surface area contributed by atoms with Gasteiger partial charge in [0.15, 0.2) is 5.65 Å². The molecule has 32 heavy (non-hydrogen) atoms. The van der Waals surface area contributed by atoms with Crippen LogP contribution in [0.5, 0.6) is 0 Å². The Labute approximate surface area is 186 Å². The Hall–Kier alpha value is -3.23. The van der Waals surface area contributed by atoms with Crippen LogP contribution < -0.4 is 10.6 Å². The van der Waals surface area contributed by atoms with Crippen LogP contribution in [0.25, 0.3) is 22.3 Å². The van der Waals surface area contributed by atoms with Gasteiger partial charge < -0.3 is 10.6 Å². The van der Waals surface area contributed by atoms with Gasteiger partial charge in [0.2, 0.25) is 5.91 Å². The molecule has 9 heteroatoms. The summed E-state index contributed by atoms with van der Waals surface area (Å²) in [4.78, 5) is 38.6. The van der Waals surface area contributed by atoms with Gasteiger partial charge in [0.05, 0.1) is 23.3 Å². The van der Waals surface area contributed by atoms with E-state index in [1.807, 2.05) is 37.7 Å². The topological polar surface area (TPSA) is 118 Å². The first-order chi connectivity index (χ1) is 15.3. The van der Waals surface area contributed by atoms with Crippen LogP contribution in [-0.2, 0) is 9.59 Å². The number of amides is 1. The number of hydrogen-bond acceptors (Lipinski definition) is 6. The van der Waals surface area contributed by atoms with Crippen molar-refractivity contribution in [3.05, 3.63) is 31.0 Å². The summed E-state index contributed by atoms with van der Waals surface area (Å²) in [6, 6.07) is 1.77. The van der Waals surface area contributed by atoms with Gasteiger partial charge >= 0.3 is 5.97 Å². The molecule has 0 saturated heterocycles. The second-order valence-corrected chi connectivity index (χ2v) is 9.21. The normalized spacial score (nSPS) is 15.8. The summed E-state index contributed by atoms with van der Waals surface area (Å²) < 4.78 is 3.24. The lowest BCUT2D eigenvalue weighted by atomic mass is 9.91. The fourth-order valence-electron chi connectivity index (χ4n) is 4.26. The molecule has 2 N–H and O–H groups in total. The highest BCUT2D eigenvalue weighted by atomic mass is 16.7. The summed E-state index contributed by atoms with van der Waals surface area (Å²) in [7, 11) is 0. The zero-order valence-corrected chi connectivity index (χ0v) is 18.8. The third kappa shape index (κ3) is 4.24. The predicted octanol–water partition coefficient (Wildman–Crippen LogP) is 3.29. The Morgan fingerprint density at radius 3 is 2.72 bits per heavy atom. The van der Waals surface area contributed by atoms with Crippen molar-refractivity contribution in [3.63, 3.8) is 0 Å². The van der Waals surface area contributed by atoms with Crippen LogP contribution in [0, 0.1) is 11.3 Å². The van der Waals surface area contributed by atoms with E-state index in [1.54, 1.807) is 12.4 Å². The Morgan fingerprint density at radius 2 is 2.03 bits per heavy atom. The van der Waals surface area contributed by atoms with Crippen LogP contribution in [0.2, 0.25) is 0 Å². The zero-order valence-electron chi connectivity index (χ0n) is 18.8. The predicted molar refractivity (Wildman–Crippen MR) is 119 cm³/mol. The monoisotopic (exact) mass is 438 g/mol. The van der Waals surface area contributed by atoms with E-state index in [0.717, 1.165) is 23.8 Å². The maximum atomic E-state index is 12.5. The van der Waals surface area contributed by atoms with Gasteiger partial charge in [0.25, 0.3) is 0 Å². The van der Waals surface area contributed by atoms with E-state index in [9.17, 15) is 9.59 Å². The van der Waals surface area contributed by atoms with Gasteiger partial charge in [-0.3, -0.25) is 9.48 Å². The molecule has 0 radical (unpaired) electrons. The van der Waals surface area contributed by atoms with Gasteiger partial charge in [-0.05, 0) is 45.1 Å². The number of nitrogens with two attached hydrogens (primary N) is 1. The fraction of sp³-hybridized carbons (Fsp3) is 0.522. The Balaban J connectivity index is 1.65. The molecule has 0 aliphatic heterocycles. The second kappa shape index (κ2) is 8.72. The van der Waals surface area contributed by atoms with E-state index >= 15 is 0 Å². The quantitative estimate of drug-likeness (QED) is 0.576. The lowest BCUT2D eigenvalue weighted by molar-refractivity contribution is -0.154. The summed E-state index contributed by atoms with van der Waals surface area (Å²) in [5.41, 5.74) is 6.94. The average Bonchev–Trinajstić information content (AvgIpc) is 3.53. The van der Waals surface area contributed by atoms with Crippen molar-refractivity contribution in [2.45, 2.75) is 65.3 Å². The summed E-state index contributed by atoms with van der Waals surface area (Å²) >= 11 is 0. The molecule has 1 amide bonds. The molecular formula is C23H30N6O3. The molecule has 1 atom stereocenters. The fourth-order valence-corrected chi connectivity index (χ4v) is 4.26. The standard InChI is InChI=1S/C23H30N6O3/c1-4-23(2,3)22(31)32-29-10-9-17-20(25-14-26-21(17)29)16-12-27-28(13-16)18(11-19(24)30)15-7-5-6-8-15/h9-10,12-15,18H,4-8,11H2,1-3H3,(H2,24,30)/t18-/m0/s1. The number of nitrogens with zero attached hydrogens (tertiary/aromatic N) is 5. The Morgan fingerprint density at radius 1 is 1.28 bits per heavy atom. The van der Waals surface area contributed by atoms with E-state index in [4.69, 9.17) is 10.6 Å². The highest BCUT2D eigenvalue weighted by Gasteiger charge is 2.30. The van der Waals surface area contributed by atoms with Gasteiger partial charge in [0.1, 0.15) is 6.33 Å². The minimum Gasteiger partial charge on any atom is -0.370 e. The van der Waals surface area contributed by atoms with Crippen molar-refractivity contribution in [1.29, 1.82) is 0 Å². The Kier molecular flexibility index (Phi) is 5.99. The maximum Gasteiger partial charge on any atom is 0.338 e. The van der Waals surface area contributed by atoms with E-state index in [0.29, 0.717) is 23.7 Å². The van der Waals surface area contributed by atoms with Gasteiger partial charge in [-0.1, -0.05) is 19.8 Å². The van der Waals surface area contributed by atoms with E-state index in [1.165, 1.54) is 23.9 Å². The van der Waals surface area contributed by atoms with Gasteiger partial charge in [-0.15, -0.1) is 0 Å². The minimum absolute atomic E-state index is 0.0529. The number of primary amides is 1. The van der Waals surface area contributed by atoms with E-state index in [-0.39, 0.29) is 24.3 Å². The van der Waals surface area contributed by atoms with Crippen molar-refractivity contribution in [3.8, 4) is 11.3 Å². The molecule has 9 nitrogen and oxygen atoms in total. The Bertz CT molecular complexity index is 1130. The summed E-state index contributed by atoms with van der Waals surface area (Å²) in [6.07, 6.45) is 12.2. The second-order valence-electron chi connectivity index (χ2n) is 9.21. The maximum absolute atomic E-state index is 12.5. The van der Waals surface area contributed by atoms with Gasteiger partial charge in [0, 0.05) is 29.8 Å². The highest BCUT2D eigenvalue weighted by molar-refractivity contribution is 5.90. The number of carbonyl (C=O) groups excluding carboxylic acids is 2. The molecule has 0 bridgehead atoms. The minimum atomic E-state index is -0.594. The van der Waals surface area contributed by atoms with Gasteiger partial charge in [-0.25, -0.2) is 14.8 Å². The van der Waals surface area contributed by atoms with Crippen LogP contribution in [-0.4, -0.2) is 36.4 Å². The SMILES string of the molecule is CCC(C)(C)C(=O)On1ccc2c(-c3cnn([C@@H](CC(N)=O)C4CCCC4)c3)ncnc21. The molecule has 4 rings (SSSR count). The molecule has 170 valence electrons. The number of aromatic nitrogens is 5. The molecule has 0 aromatic carbocycles. The number of hydrogen-bond donors (Lipinski definition) is 1. The number of rotatable bonds is 8. The molecule has 1 saturated carbocycles. The third-order valence-electron chi connectivity index (χ3n) is 6.63. The number of fused-ring (bicyclic) bond motifs is 1. The van der Waals surface area contributed by atoms with Crippen molar-refractivity contribution in [2.75, 3.05) is 0 Å². The zero-order chi connectivity index (χ0) is 22.9. The van der Waals surface area contributed by atoms with Gasteiger partial charge in [-0.2, -0.15) is 9.83 Å². The smallest absolute Gasteiger partial charge is 0.338 e. The molecule has 1 fully saturated rings. The molecular weight excluding hydrogens is 408 g/mol. The lowest BCUT2D eigenvalue weighted by Gasteiger charge is -2.22. The van der Waals surface area contributed by atoms with E-state index < -0.39 is 5.41 Å². The highest BCUT2D eigenvalue weighted by Crippen LogP contribution is 2.37. The van der Waals surface area contributed by atoms with Crippen molar-refractivity contribution >= 4 is 22.9 Å². The van der Waals surface area contributed by atoms with Crippen molar-refractivity contribution in [2.24, 2.45) is 17.1 Å². The molecule has 3 aromatic heterocycles. The molecule has 1 aliphatic rings. The van der Waals surface area contributed by atoms with Crippen LogP contribution in [0.1, 0.15) is 65.3 Å². The molecule has 1 aliphatic carbocycles. The first-order valence-corrected chi connectivity index (χ1v) is 11.2. The van der Waals surface area contributed by atoms with Crippen LogP contribution in [0.4, 0.5) is 0 Å². The summed E-state index contributed by atoms with van der Waals surface area (Å²) in [5.74, 6) is -0.253. The molecule has 3 aromatic rings. The van der Waals surface area contributed by atoms with Crippen molar-refractivity contribution in [1.82, 2.24) is 24.5 Å². The largest absolute Gasteiger partial charge is 0.370 e. The molecule has 3 heterocycles. The molecule has 0 spiro atoms. The van der Waals surface area contributed by atoms with Crippen LogP contribution in [0.15, 0.2) is 31.0 Å². The third-order valence-corrected chi connectivity index (χ3v) is 6.63. The average molecular weight is 439 g/mol. The number of carbonyl (C=O) groups is 2. The first-order valence-electron chi connectivity index (χ1n) is 11.2.